The van der Waals surface area contributed by atoms with E-state index < -0.39 is 10.0 Å². The predicted molar refractivity (Wildman–Crippen MR) is 71.7 cm³/mol. The summed E-state index contributed by atoms with van der Waals surface area (Å²) in [6.45, 7) is 0. The van der Waals surface area contributed by atoms with Crippen LogP contribution in [0.5, 0.6) is 0 Å². The van der Waals surface area contributed by atoms with Gasteiger partial charge in [0.1, 0.15) is 0 Å². The molecule has 0 radical (unpaired) electrons. The zero-order chi connectivity index (χ0) is 12.7. The Morgan fingerprint density at radius 3 is 2.76 bits per heavy atom. The van der Waals surface area contributed by atoms with Crippen molar-refractivity contribution in [2.24, 2.45) is 0 Å². The van der Waals surface area contributed by atoms with Crippen molar-refractivity contribution in [3.8, 4) is 12.3 Å². The first-order chi connectivity index (χ1) is 8.07. The van der Waals surface area contributed by atoms with Crippen molar-refractivity contribution in [3.05, 3.63) is 29.8 Å². The molecular formula is C12H14ClNO2S. The quantitative estimate of drug-likeness (QED) is 0.491. The van der Waals surface area contributed by atoms with Crippen LogP contribution >= 0.6 is 11.6 Å². The van der Waals surface area contributed by atoms with Gasteiger partial charge in [0.05, 0.1) is 5.75 Å². The molecule has 0 aliphatic rings. The Balaban J connectivity index is 2.66. The lowest BCUT2D eigenvalue weighted by Crippen LogP contribution is -2.16. The van der Waals surface area contributed by atoms with Crippen LogP contribution in [0.25, 0.3) is 0 Å². The van der Waals surface area contributed by atoms with E-state index in [1.54, 1.807) is 24.3 Å². The third-order valence-electron chi connectivity index (χ3n) is 2.10. The fourth-order valence-electron chi connectivity index (χ4n) is 1.29. The molecule has 92 valence electrons. The molecule has 0 unspecified atom stereocenters. The first kappa shape index (κ1) is 13.9. The van der Waals surface area contributed by atoms with Gasteiger partial charge in [-0.1, -0.05) is 12.0 Å². The highest BCUT2D eigenvalue weighted by molar-refractivity contribution is 7.92. The van der Waals surface area contributed by atoms with E-state index in [1.165, 1.54) is 0 Å². The van der Waals surface area contributed by atoms with E-state index in [0.29, 0.717) is 30.0 Å². The van der Waals surface area contributed by atoms with Crippen LogP contribution in [-0.2, 0) is 10.0 Å². The predicted octanol–water partition coefficient (Wildman–Crippen LogP) is 2.43. The van der Waals surface area contributed by atoms with Gasteiger partial charge in [0, 0.05) is 17.1 Å². The fraction of sp³-hybridized carbons (Fsp3) is 0.333. The van der Waals surface area contributed by atoms with Gasteiger partial charge in [-0.25, -0.2) is 8.42 Å². The van der Waals surface area contributed by atoms with Crippen molar-refractivity contribution in [1.82, 2.24) is 0 Å². The Morgan fingerprint density at radius 2 is 2.12 bits per heavy atom. The fourth-order valence-corrected chi connectivity index (χ4v) is 2.65. The molecule has 0 spiro atoms. The van der Waals surface area contributed by atoms with E-state index in [9.17, 15) is 8.42 Å². The molecule has 0 atom stereocenters. The minimum atomic E-state index is -3.31. The number of hydrogen-bond donors (Lipinski definition) is 1. The first-order valence-corrected chi connectivity index (χ1v) is 7.39. The lowest BCUT2D eigenvalue weighted by atomic mass is 10.2. The number of nitrogens with one attached hydrogen (secondary N) is 1. The zero-order valence-electron chi connectivity index (χ0n) is 9.32. The molecule has 0 aliphatic heterocycles. The summed E-state index contributed by atoms with van der Waals surface area (Å²) < 4.78 is 25.8. The maximum absolute atomic E-state index is 11.7. The normalized spacial score (nSPS) is 10.8. The summed E-state index contributed by atoms with van der Waals surface area (Å²) in [5.74, 6) is 3.00. The van der Waals surface area contributed by atoms with E-state index in [2.05, 4.69) is 10.6 Å². The van der Waals surface area contributed by atoms with E-state index >= 15 is 0 Å². The Hall–Kier alpha value is -1.18. The molecule has 3 nitrogen and oxygen atoms in total. The van der Waals surface area contributed by atoms with Crippen molar-refractivity contribution < 1.29 is 8.42 Å². The highest BCUT2D eigenvalue weighted by atomic mass is 35.5. The van der Waals surface area contributed by atoms with Gasteiger partial charge < -0.3 is 0 Å². The molecular weight excluding hydrogens is 258 g/mol. The average Bonchev–Trinajstić information content (AvgIpc) is 2.29. The molecule has 1 aromatic carbocycles. The number of hydrogen-bond acceptors (Lipinski definition) is 2. The van der Waals surface area contributed by atoms with Gasteiger partial charge in [-0.2, -0.15) is 0 Å². The first-order valence-electron chi connectivity index (χ1n) is 5.20. The second-order valence-electron chi connectivity index (χ2n) is 3.54. The molecule has 0 saturated carbocycles. The number of halogens is 1. The Labute approximate surface area is 107 Å². The number of alkyl halides is 1. The number of terminal acetylenes is 1. The highest BCUT2D eigenvalue weighted by Gasteiger charge is 2.09. The van der Waals surface area contributed by atoms with Crippen LogP contribution < -0.4 is 4.72 Å². The van der Waals surface area contributed by atoms with Gasteiger partial charge in [-0.15, -0.1) is 18.0 Å². The smallest absolute Gasteiger partial charge is 0.232 e. The lowest BCUT2D eigenvalue weighted by Gasteiger charge is -2.07. The van der Waals surface area contributed by atoms with Crippen LogP contribution in [0.15, 0.2) is 24.3 Å². The maximum Gasteiger partial charge on any atom is 0.232 e. The zero-order valence-corrected chi connectivity index (χ0v) is 10.9. The van der Waals surface area contributed by atoms with Crippen molar-refractivity contribution >= 4 is 27.3 Å². The molecule has 1 rings (SSSR count). The Kier molecular flexibility index (Phi) is 5.33. The SMILES string of the molecule is C#Cc1cccc(NS(=O)(=O)CCCCCl)c1. The second-order valence-corrected chi connectivity index (χ2v) is 5.76. The van der Waals surface area contributed by atoms with Crippen LogP contribution in [-0.4, -0.2) is 20.1 Å². The summed E-state index contributed by atoms with van der Waals surface area (Å²) in [6, 6.07) is 6.75. The van der Waals surface area contributed by atoms with Gasteiger partial charge in [0.15, 0.2) is 0 Å². The molecule has 0 aromatic heterocycles. The average molecular weight is 272 g/mol. The van der Waals surface area contributed by atoms with Crippen LogP contribution in [0.3, 0.4) is 0 Å². The van der Waals surface area contributed by atoms with Gasteiger partial charge >= 0.3 is 0 Å². The van der Waals surface area contributed by atoms with E-state index in [0.717, 1.165) is 0 Å². The lowest BCUT2D eigenvalue weighted by molar-refractivity contribution is 0.598. The summed E-state index contributed by atoms with van der Waals surface area (Å²) in [7, 11) is -3.31. The van der Waals surface area contributed by atoms with Crippen molar-refractivity contribution in [3.63, 3.8) is 0 Å². The summed E-state index contributed by atoms with van der Waals surface area (Å²) in [5.41, 5.74) is 1.14. The molecule has 0 heterocycles. The monoisotopic (exact) mass is 271 g/mol. The third-order valence-corrected chi connectivity index (χ3v) is 3.74. The summed E-state index contributed by atoms with van der Waals surface area (Å²) in [5, 5.41) is 0. The molecule has 5 heteroatoms. The molecule has 0 fully saturated rings. The van der Waals surface area contributed by atoms with Gasteiger partial charge in [0.25, 0.3) is 0 Å². The van der Waals surface area contributed by atoms with Crippen LogP contribution in [0.1, 0.15) is 18.4 Å². The van der Waals surface area contributed by atoms with E-state index in [4.69, 9.17) is 18.0 Å². The van der Waals surface area contributed by atoms with Crippen LogP contribution in [0, 0.1) is 12.3 Å². The standard InChI is InChI=1S/C12H14ClNO2S/c1-2-11-6-5-7-12(10-11)14-17(15,16)9-4-3-8-13/h1,5-7,10,14H,3-4,8-9H2. The molecule has 0 bridgehead atoms. The van der Waals surface area contributed by atoms with Gasteiger partial charge in [0.2, 0.25) is 10.0 Å². The number of unbranched alkanes of at least 4 members (excludes halogenated alkanes) is 1. The van der Waals surface area contributed by atoms with Crippen LogP contribution in [0.2, 0.25) is 0 Å². The minimum absolute atomic E-state index is 0.0694. The van der Waals surface area contributed by atoms with Gasteiger partial charge in [-0.3, -0.25) is 4.72 Å². The molecule has 0 saturated heterocycles. The third kappa shape index (κ3) is 5.12. The topological polar surface area (TPSA) is 46.2 Å². The molecule has 0 aliphatic carbocycles. The molecule has 1 N–H and O–H groups in total. The second kappa shape index (κ2) is 6.53. The van der Waals surface area contributed by atoms with Crippen molar-refractivity contribution in [2.45, 2.75) is 12.8 Å². The highest BCUT2D eigenvalue weighted by Crippen LogP contribution is 2.12. The summed E-state index contributed by atoms with van der Waals surface area (Å²) >= 11 is 5.49. The summed E-state index contributed by atoms with van der Waals surface area (Å²) in [4.78, 5) is 0. The van der Waals surface area contributed by atoms with E-state index in [1.807, 2.05) is 0 Å². The Bertz CT molecular complexity index is 505. The van der Waals surface area contributed by atoms with Crippen LogP contribution in [0.4, 0.5) is 5.69 Å². The number of rotatable bonds is 6. The minimum Gasteiger partial charge on any atom is -0.284 e. The number of anilines is 1. The number of sulfonamides is 1. The molecule has 0 amide bonds. The largest absolute Gasteiger partial charge is 0.284 e. The van der Waals surface area contributed by atoms with Crippen molar-refractivity contribution in [1.29, 1.82) is 0 Å². The molecule has 17 heavy (non-hydrogen) atoms. The Morgan fingerprint density at radius 1 is 1.35 bits per heavy atom. The molecule has 1 aromatic rings. The maximum atomic E-state index is 11.7. The van der Waals surface area contributed by atoms with Gasteiger partial charge in [-0.05, 0) is 31.0 Å². The van der Waals surface area contributed by atoms with Crippen molar-refractivity contribution in [2.75, 3.05) is 16.4 Å². The number of benzene rings is 1. The summed E-state index contributed by atoms with van der Waals surface area (Å²) in [6.07, 6.45) is 6.48. The van der Waals surface area contributed by atoms with E-state index in [-0.39, 0.29) is 5.75 Å².